The van der Waals surface area contributed by atoms with E-state index in [1.54, 1.807) is 18.2 Å². The number of hydrogen-bond acceptors (Lipinski definition) is 6. The van der Waals surface area contributed by atoms with Crippen molar-refractivity contribution in [1.82, 2.24) is 0 Å². The Morgan fingerprint density at radius 3 is 2.24 bits per heavy atom. The molecule has 2 amide bonds. The zero-order chi connectivity index (χ0) is 21.8. The second kappa shape index (κ2) is 8.82. The van der Waals surface area contributed by atoms with E-state index < -0.39 is 27.9 Å². The molecule has 0 saturated carbocycles. The van der Waals surface area contributed by atoms with Gasteiger partial charge in [-0.1, -0.05) is 12.1 Å². The summed E-state index contributed by atoms with van der Waals surface area (Å²) in [4.78, 5) is 24.4. The maximum absolute atomic E-state index is 12.8. The van der Waals surface area contributed by atoms with Gasteiger partial charge in [-0.05, 0) is 31.2 Å². The number of ether oxygens (including phenoxy) is 2. The molecule has 10 heteroatoms. The van der Waals surface area contributed by atoms with Gasteiger partial charge >= 0.3 is 0 Å². The molecule has 0 aromatic heterocycles. The summed E-state index contributed by atoms with van der Waals surface area (Å²) in [5.74, 6) is -0.630. The molecule has 0 fully saturated rings. The van der Waals surface area contributed by atoms with Gasteiger partial charge in [-0.15, -0.1) is 0 Å². The van der Waals surface area contributed by atoms with E-state index in [-0.39, 0.29) is 16.9 Å². The average molecular weight is 421 g/mol. The normalized spacial score (nSPS) is 12.0. The number of carbonyl (C=O) groups excluding carboxylic acids is 2. The summed E-state index contributed by atoms with van der Waals surface area (Å²) in [6.45, 7) is 1.43. The Kier molecular flexibility index (Phi) is 6.70. The van der Waals surface area contributed by atoms with Crippen LogP contribution in [0.4, 0.5) is 11.4 Å². The molecule has 0 heterocycles. The fraction of sp³-hybridized carbons (Fsp3) is 0.263. The van der Waals surface area contributed by atoms with E-state index in [9.17, 15) is 18.0 Å². The van der Waals surface area contributed by atoms with E-state index in [0.717, 1.165) is 10.6 Å². The maximum Gasteiger partial charge on any atom is 0.250 e. The van der Waals surface area contributed by atoms with Crippen LogP contribution in [0.25, 0.3) is 0 Å². The van der Waals surface area contributed by atoms with E-state index in [0.29, 0.717) is 11.5 Å². The van der Waals surface area contributed by atoms with Crippen LogP contribution in [0.2, 0.25) is 0 Å². The Bertz CT molecular complexity index is 1020. The van der Waals surface area contributed by atoms with Gasteiger partial charge in [0, 0.05) is 6.07 Å². The number of benzene rings is 2. The van der Waals surface area contributed by atoms with E-state index in [1.807, 2.05) is 0 Å². The molecular formula is C19H23N3O6S. The third-order valence-electron chi connectivity index (χ3n) is 4.16. The summed E-state index contributed by atoms with van der Waals surface area (Å²) in [6.07, 6.45) is 0.991. The minimum atomic E-state index is -3.84. The van der Waals surface area contributed by atoms with Crippen LogP contribution in [0.1, 0.15) is 17.3 Å². The zero-order valence-corrected chi connectivity index (χ0v) is 17.3. The Balaban J connectivity index is 2.41. The van der Waals surface area contributed by atoms with Gasteiger partial charge in [-0.3, -0.25) is 13.9 Å². The Labute approximate surface area is 169 Å². The highest BCUT2D eigenvalue weighted by molar-refractivity contribution is 7.92. The molecule has 0 aliphatic rings. The second-order valence-electron chi connectivity index (χ2n) is 6.17. The summed E-state index contributed by atoms with van der Waals surface area (Å²) in [5, 5.41) is 2.56. The minimum absolute atomic E-state index is 0.116. The van der Waals surface area contributed by atoms with Gasteiger partial charge in [-0.2, -0.15) is 0 Å². The first-order chi connectivity index (χ1) is 13.6. The van der Waals surface area contributed by atoms with Crippen molar-refractivity contribution < 1.29 is 27.5 Å². The average Bonchev–Trinajstić information content (AvgIpc) is 2.67. The second-order valence-corrected chi connectivity index (χ2v) is 8.03. The number of hydrogen-bond donors (Lipinski definition) is 2. The van der Waals surface area contributed by atoms with Crippen LogP contribution in [0.15, 0.2) is 42.5 Å². The molecule has 0 radical (unpaired) electrons. The van der Waals surface area contributed by atoms with Crippen LogP contribution in [0.3, 0.4) is 0 Å². The molecule has 156 valence electrons. The molecule has 1 atom stereocenters. The van der Waals surface area contributed by atoms with Crippen LogP contribution < -0.4 is 24.8 Å². The fourth-order valence-corrected chi connectivity index (χ4v) is 3.98. The lowest BCUT2D eigenvalue weighted by Crippen LogP contribution is -2.45. The SMILES string of the molecule is COc1ccc(N([C@H](C)C(=O)Nc2ccccc2C(N)=O)S(C)(=O)=O)cc1OC. The lowest BCUT2D eigenvalue weighted by Gasteiger charge is -2.29. The first-order valence-corrected chi connectivity index (χ1v) is 10.4. The van der Waals surface area contributed by atoms with Crippen molar-refractivity contribution in [2.24, 2.45) is 5.73 Å². The molecule has 0 bridgehead atoms. The predicted octanol–water partition coefficient (Wildman–Crippen LogP) is 1.60. The number of para-hydroxylation sites is 1. The molecule has 2 aromatic rings. The summed E-state index contributed by atoms with van der Waals surface area (Å²) in [5.41, 5.74) is 5.85. The monoisotopic (exact) mass is 421 g/mol. The molecule has 0 aliphatic heterocycles. The van der Waals surface area contributed by atoms with Gasteiger partial charge in [-0.25, -0.2) is 8.42 Å². The quantitative estimate of drug-likeness (QED) is 0.666. The van der Waals surface area contributed by atoms with Gasteiger partial charge in [0.2, 0.25) is 15.9 Å². The van der Waals surface area contributed by atoms with Crippen LogP contribution in [0, 0.1) is 0 Å². The minimum Gasteiger partial charge on any atom is -0.493 e. The van der Waals surface area contributed by atoms with E-state index in [4.69, 9.17) is 15.2 Å². The number of amides is 2. The molecule has 3 N–H and O–H groups in total. The Morgan fingerprint density at radius 1 is 1.07 bits per heavy atom. The number of primary amides is 1. The highest BCUT2D eigenvalue weighted by atomic mass is 32.2. The first-order valence-electron chi connectivity index (χ1n) is 8.51. The summed E-state index contributed by atoms with van der Waals surface area (Å²) in [6, 6.07) is 9.56. The third-order valence-corrected chi connectivity index (χ3v) is 5.40. The highest BCUT2D eigenvalue weighted by Gasteiger charge is 2.30. The molecule has 2 aromatic carbocycles. The van der Waals surface area contributed by atoms with Gasteiger partial charge in [0.05, 0.1) is 37.4 Å². The molecule has 29 heavy (non-hydrogen) atoms. The van der Waals surface area contributed by atoms with E-state index in [2.05, 4.69) is 5.32 Å². The summed E-state index contributed by atoms with van der Waals surface area (Å²) in [7, 11) is -0.965. The van der Waals surface area contributed by atoms with Crippen molar-refractivity contribution in [2.75, 3.05) is 30.1 Å². The summed E-state index contributed by atoms with van der Waals surface area (Å²) < 4.78 is 36.3. The summed E-state index contributed by atoms with van der Waals surface area (Å²) >= 11 is 0. The predicted molar refractivity (Wildman–Crippen MR) is 110 cm³/mol. The highest BCUT2D eigenvalue weighted by Crippen LogP contribution is 2.33. The smallest absolute Gasteiger partial charge is 0.250 e. The lowest BCUT2D eigenvalue weighted by molar-refractivity contribution is -0.116. The van der Waals surface area contributed by atoms with Gasteiger partial charge in [0.25, 0.3) is 5.91 Å². The molecule has 9 nitrogen and oxygen atoms in total. The van der Waals surface area contributed by atoms with Crippen molar-refractivity contribution in [3.8, 4) is 11.5 Å². The van der Waals surface area contributed by atoms with Crippen LogP contribution >= 0.6 is 0 Å². The van der Waals surface area contributed by atoms with Crippen molar-refractivity contribution in [2.45, 2.75) is 13.0 Å². The number of nitrogens with two attached hydrogens (primary N) is 1. The Hall–Kier alpha value is -3.27. The van der Waals surface area contributed by atoms with E-state index >= 15 is 0 Å². The third kappa shape index (κ3) is 4.96. The molecular weight excluding hydrogens is 398 g/mol. The number of sulfonamides is 1. The number of nitrogens with zero attached hydrogens (tertiary/aromatic N) is 1. The Morgan fingerprint density at radius 2 is 1.69 bits per heavy atom. The van der Waals surface area contributed by atoms with Gasteiger partial charge < -0.3 is 20.5 Å². The molecule has 2 rings (SSSR count). The standard InChI is InChI=1S/C19H23N3O6S/c1-12(19(24)21-15-8-6-5-7-14(15)18(20)23)22(29(4,25)26)13-9-10-16(27-2)17(11-13)28-3/h5-12H,1-4H3,(H2,20,23)(H,21,24)/t12-/m1/s1. The van der Waals surface area contributed by atoms with E-state index in [1.165, 1.54) is 45.4 Å². The van der Waals surface area contributed by atoms with Crippen LogP contribution in [-0.4, -0.2) is 46.7 Å². The molecule has 0 saturated heterocycles. The number of anilines is 2. The molecule has 0 spiro atoms. The topological polar surface area (TPSA) is 128 Å². The number of carbonyl (C=O) groups is 2. The van der Waals surface area contributed by atoms with Gasteiger partial charge in [0.15, 0.2) is 11.5 Å². The maximum atomic E-state index is 12.8. The number of nitrogens with one attached hydrogen (secondary N) is 1. The first kappa shape index (κ1) is 22.0. The molecule has 0 aliphatic carbocycles. The van der Waals surface area contributed by atoms with Gasteiger partial charge in [0.1, 0.15) is 6.04 Å². The lowest BCUT2D eigenvalue weighted by atomic mass is 10.1. The fourth-order valence-electron chi connectivity index (χ4n) is 2.81. The van der Waals surface area contributed by atoms with Crippen molar-refractivity contribution in [3.63, 3.8) is 0 Å². The van der Waals surface area contributed by atoms with Crippen LogP contribution in [0.5, 0.6) is 11.5 Å². The number of methoxy groups -OCH3 is 2. The largest absolute Gasteiger partial charge is 0.493 e. The van der Waals surface area contributed by atoms with Crippen LogP contribution in [-0.2, 0) is 14.8 Å². The van der Waals surface area contributed by atoms with Crippen molar-refractivity contribution >= 4 is 33.2 Å². The molecule has 0 unspecified atom stereocenters. The van der Waals surface area contributed by atoms with Crippen molar-refractivity contribution in [1.29, 1.82) is 0 Å². The zero-order valence-electron chi connectivity index (χ0n) is 16.5. The number of rotatable bonds is 8. The van der Waals surface area contributed by atoms with Crippen molar-refractivity contribution in [3.05, 3.63) is 48.0 Å².